The first kappa shape index (κ1) is 12.8. The number of hydrogen-bond acceptors (Lipinski definition) is 1. The van der Waals surface area contributed by atoms with Gasteiger partial charge < -0.3 is 5.73 Å². The van der Waals surface area contributed by atoms with Crippen molar-refractivity contribution in [1.29, 1.82) is 0 Å². The molecule has 18 heavy (non-hydrogen) atoms. The van der Waals surface area contributed by atoms with Gasteiger partial charge in [0, 0.05) is 6.04 Å². The minimum atomic E-state index is 0.0750. The molecule has 0 saturated carbocycles. The van der Waals surface area contributed by atoms with Crippen LogP contribution in [-0.2, 0) is 6.42 Å². The van der Waals surface area contributed by atoms with E-state index in [1.54, 1.807) is 0 Å². The quantitative estimate of drug-likeness (QED) is 0.865. The average Bonchev–Trinajstić information content (AvgIpc) is 2.35. The summed E-state index contributed by atoms with van der Waals surface area (Å²) in [5.41, 5.74) is 12.8. The highest BCUT2D eigenvalue weighted by atomic mass is 14.6. The Balaban J connectivity index is 2.25. The molecule has 0 bridgehead atoms. The molecule has 2 aromatic rings. The monoisotopic (exact) mass is 239 g/mol. The van der Waals surface area contributed by atoms with E-state index in [4.69, 9.17) is 5.73 Å². The third-order valence-corrected chi connectivity index (χ3v) is 3.54. The van der Waals surface area contributed by atoms with Gasteiger partial charge in [-0.05, 0) is 49.4 Å². The number of benzene rings is 2. The topological polar surface area (TPSA) is 26.0 Å². The lowest BCUT2D eigenvalue weighted by Crippen LogP contribution is -2.15. The van der Waals surface area contributed by atoms with Crippen molar-refractivity contribution in [3.8, 4) is 0 Å². The van der Waals surface area contributed by atoms with E-state index >= 15 is 0 Å². The zero-order valence-corrected chi connectivity index (χ0v) is 11.4. The van der Waals surface area contributed by atoms with Gasteiger partial charge in [-0.15, -0.1) is 0 Å². The van der Waals surface area contributed by atoms with Crippen LogP contribution in [0.2, 0.25) is 0 Å². The van der Waals surface area contributed by atoms with Crippen LogP contribution in [0.5, 0.6) is 0 Å². The summed E-state index contributed by atoms with van der Waals surface area (Å²) < 4.78 is 0. The van der Waals surface area contributed by atoms with Gasteiger partial charge in [0.25, 0.3) is 0 Å². The molecular weight excluding hydrogens is 218 g/mol. The Kier molecular flexibility index (Phi) is 3.83. The van der Waals surface area contributed by atoms with Crippen LogP contribution in [0.4, 0.5) is 0 Å². The van der Waals surface area contributed by atoms with Crippen LogP contribution in [0.15, 0.2) is 42.5 Å². The zero-order valence-electron chi connectivity index (χ0n) is 11.4. The highest BCUT2D eigenvalue weighted by Crippen LogP contribution is 2.22. The molecule has 0 saturated heterocycles. The summed E-state index contributed by atoms with van der Waals surface area (Å²) in [5, 5.41) is 0. The maximum Gasteiger partial charge on any atom is 0.0338 e. The van der Waals surface area contributed by atoms with Crippen molar-refractivity contribution in [1.82, 2.24) is 0 Å². The number of rotatable bonds is 3. The average molecular weight is 239 g/mol. The molecule has 0 amide bonds. The zero-order chi connectivity index (χ0) is 13.1. The molecular formula is C17H21N. The summed E-state index contributed by atoms with van der Waals surface area (Å²) in [6, 6.07) is 15.0. The second-order valence-electron chi connectivity index (χ2n) is 5.10. The molecule has 0 fully saturated rings. The van der Waals surface area contributed by atoms with E-state index < -0.39 is 0 Å². The molecule has 1 nitrogen and oxygen atoms in total. The molecule has 94 valence electrons. The summed E-state index contributed by atoms with van der Waals surface area (Å²) >= 11 is 0. The molecule has 2 N–H and O–H groups in total. The summed E-state index contributed by atoms with van der Waals surface area (Å²) in [4.78, 5) is 0. The van der Waals surface area contributed by atoms with E-state index in [1.807, 2.05) is 0 Å². The standard InChI is InChI=1S/C17H21N/c1-12-8-9-14(3)16(10-12)17(18)11-15-7-5-4-6-13(15)2/h4-10,17H,11,18H2,1-3H3. The molecule has 1 heteroatoms. The van der Waals surface area contributed by atoms with Crippen molar-refractivity contribution in [2.45, 2.75) is 33.2 Å². The Morgan fingerprint density at radius 3 is 2.39 bits per heavy atom. The minimum absolute atomic E-state index is 0.0750. The van der Waals surface area contributed by atoms with Gasteiger partial charge >= 0.3 is 0 Å². The van der Waals surface area contributed by atoms with Crippen molar-refractivity contribution in [2.24, 2.45) is 5.73 Å². The van der Waals surface area contributed by atoms with Crippen LogP contribution in [0.25, 0.3) is 0 Å². The van der Waals surface area contributed by atoms with E-state index in [1.165, 1.54) is 27.8 Å². The predicted molar refractivity (Wildman–Crippen MR) is 77.7 cm³/mol. The molecule has 1 unspecified atom stereocenters. The Labute approximate surface area is 110 Å². The van der Waals surface area contributed by atoms with Gasteiger partial charge in [0.15, 0.2) is 0 Å². The van der Waals surface area contributed by atoms with Crippen LogP contribution in [0, 0.1) is 20.8 Å². The molecule has 0 radical (unpaired) electrons. The second kappa shape index (κ2) is 5.36. The Hall–Kier alpha value is -1.60. The first-order chi connectivity index (χ1) is 8.58. The molecule has 0 aliphatic rings. The molecule has 0 aromatic heterocycles. The molecule has 0 spiro atoms. The van der Waals surface area contributed by atoms with E-state index in [0.717, 1.165) is 6.42 Å². The van der Waals surface area contributed by atoms with E-state index in [0.29, 0.717) is 0 Å². The van der Waals surface area contributed by atoms with E-state index in [2.05, 4.69) is 63.2 Å². The van der Waals surface area contributed by atoms with Gasteiger partial charge in [0.2, 0.25) is 0 Å². The normalized spacial score (nSPS) is 12.4. The molecule has 2 aromatic carbocycles. The first-order valence-electron chi connectivity index (χ1n) is 6.45. The third-order valence-electron chi connectivity index (χ3n) is 3.54. The Morgan fingerprint density at radius 1 is 0.944 bits per heavy atom. The fourth-order valence-electron chi connectivity index (χ4n) is 2.35. The molecule has 0 aliphatic heterocycles. The highest BCUT2D eigenvalue weighted by Gasteiger charge is 2.11. The lowest BCUT2D eigenvalue weighted by Gasteiger charge is -2.17. The lowest BCUT2D eigenvalue weighted by atomic mass is 9.93. The van der Waals surface area contributed by atoms with Crippen LogP contribution in [0.1, 0.15) is 33.9 Å². The Bertz CT molecular complexity index is 543. The second-order valence-corrected chi connectivity index (χ2v) is 5.10. The first-order valence-corrected chi connectivity index (χ1v) is 6.45. The van der Waals surface area contributed by atoms with Crippen molar-refractivity contribution in [3.63, 3.8) is 0 Å². The lowest BCUT2D eigenvalue weighted by molar-refractivity contribution is 0.713. The van der Waals surface area contributed by atoms with Crippen molar-refractivity contribution < 1.29 is 0 Å². The van der Waals surface area contributed by atoms with Crippen LogP contribution in [-0.4, -0.2) is 0 Å². The van der Waals surface area contributed by atoms with Gasteiger partial charge in [-0.1, -0.05) is 48.0 Å². The largest absolute Gasteiger partial charge is 0.324 e. The van der Waals surface area contributed by atoms with Gasteiger partial charge in [-0.25, -0.2) is 0 Å². The van der Waals surface area contributed by atoms with Gasteiger partial charge in [-0.3, -0.25) is 0 Å². The summed E-state index contributed by atoms with van der Waals surface area (Å²) in [5.74, 6) is 0. The summed E-state index contributed by atoms with van der Waals surface area (Å²) in [7, 11) is 0. The smallest absolute Gasteiger partial charge is 0.0338 e. The fourth-order valence-corrected chi connectivity index (χ4v) is 2.35. The van der Waals surface area contributed by atoms with Crippen molar-refractivity contribution in [3.05, 3.63) is 70.3 Å². The number of aryl methyl sites for hydroxylation is 3. The fraction of sp³-hybridized carbons (Fsp3) is 0.294. The van der Waals surface area contributed by atoms with Gasteiger partial charge in [0.05, 0.1) is 0 Å². The van der Waals surface area contributed by atoms with E-state index in [-0.39, 0.29) is 6.04 Å². The van der Waals surface area contributed by atoms with Crippen LogP contribution < -0.4 is 5.73 Å². The van der Waals surface area contributed by atoms with Gasteiger partial charge in [0.1, 0.15) is 0 Å². The van der Waals surface area contributed by atoms with Crippen LogP contribution in [0.3, 0.4) is 0 Å². The molecule has 0 heterocycles. The summed E-state index contributed by atoms with van der Waals surface area (Å²) in [6.45, 7) is 6.39. The Morgan fingerprint density at radius 2 is 1.67 bits per heavy atom. The maximum atomic E-state index is 6.37. The van der Waals surface area contributed by atoms with Crippen molar-refractivity contribution >= 4 is 0 Å². The molecule has 1 atom stereocenters. The summed E-state index contributed by atoms with van der Waals surface area (Å²) in [6.07, 6.45) is 0.900. The SMILES string of the molecule is Cc1ccc(C)c(C(N)Cc2ccccc2C)c1. The molecule has 2 rings (SSSR count). The third kappa shape index (κ3) is 2.80. The van der Waals surface area contributed by atoms with Crippen LogP contribution >= 0.6 is 0 Å². The van der Waals surface area contributed by atoms with Gasteiger partial charge in [-0.2, -0.15) is 0 Å². The molecule has 0 aliphatic carbocycles. The number of nitrogens with two attached hydrogens (primary N) is 1. The maximum absolute atomic E-state index is 6.37. The van der Waals surface area contributed by atoms with E-state index in [9.17, 15) is 0 Å². The number of hydrogen-bond donors (Lipinski definition) is 1. The predicted octanol–water partition coefficient (Wildman–Crippen LogP) is 3.85. The highest BCUT2D eigenvalue weighted by molar-refractivity contribution is 5.35. The van der Waals surface area contributed by atoms with Crippen molar-refractivity contribution in [2.75, 3.05) is 0 Å². The minimum Gasteiger partial charge on any atom is -0.324 e.